The minimum atomic E-state index is -0.928. The number of rotatable bonds is 8. The number of aliphatic hydroxyl groups is 1. The molecule has 2 aliphatic carbocycles. The Balaban J connectivity index is 1.34. The number of allylic oxidation sites excluding steroid dienone is 3. The third-order valence-electron chi connectivity index (χ3n) is 5.61. The molecule has 2 aromatic heterocycles. The summed E-state index contributed by atoms with van der Waals surface area (Å²) in [6, 6.07) is 2.11. The van der Waals surface area contributed by atoms with E-state index in [0.29, 0.717) is 12.2 Å². The van der Waals surface area contributed by atoms with Crippen LogP contribution in [0, 0.1) is 5.92 Å². The number of aromatic nitrogens is 4. The Labute approximate surface area is 162 Å². The molecule has 27 heavy (non-hydrogen) atoms. The molecule has 3 unspecified atom stereocenters. The summed E-state index contributed by atoms with van der Waals surface area (Å²) in [6.07, 6.45) is 14.3. The van der Waals surface area contributed by atoms with Crippen LogP contribution >= 0.6 is 11.3 Å². The van der Waals surface area contributed by atoms with Crippen molar-refractivity contribution in [1.29, 1.82) is 0 Å². The Bertz CT molecular complexity index is 842. The smallest absolute Gasteiger partial charge is 0.148 e. The van der Waals surface area contributed by atoms with E-state index in [1.807, 2.05) is 17.5 Å². The predicted molar refractivity (Wildman–Crippen MR) is 103 cm³/mol. The van der Waals surface area contributed by atoms with Crippen LogP contribution in [0.2, 0.25) is 0 Å². The highest BCUT2D eigenvalue weighted by molar-refractivity contribution is 7.10. The van der Waals surface area contributed by atoms with Gasteiger partial charge in [-0.2, -0.15) is 0 Å². The van der Waals surface area contributed by atoms with Crippen LogP contribution in [0.15, 0.2) is 35.8 Å². The first-order chi connectivity index (χ1) is 13.2. The van der Waals surface area contributed by atoms with Crippen LogP contribution in [0.25, 0.3) is 0 Å². The van der Waals surface area contributed by atoms with Gasteiger partial charge >= 0.3 is 0 Å². The predicted octanol–water partition coefficient (Wildman–Crippen LogP) is 3.44. The Hall–Kier alpha value is -2.12. The number of nitrogens with one attached hydrogen (secondary N) is 1. The average molecular weight is 385 g/mol. The molecular weight excluding hydrogens is 360 g/mol. The zero-order chi connectivity index (χ0) is 18.7. The van der Waals surface area contributed by atoms with Gasteiger partial charge in [0.25, 0.3) is 0 Å². The van der Waals surface area contributed by atoms with Crippen LogP contribution in [-0.2, 0) is 16.8 Å². The van der Waals surface area contributed by atoms with Gasteiger partial charge in [-0.25, -0.2) is 5.10 Å². The Morgan fingerprint density at radius 3 is 3.11 bits per heavy atom. The van der Waals surface area contributed by atoms with E-state index in [9.17, 15) is 9.90 Å². The fraction of sp³-hybridized carbons (Fsp3) is 0.500. The molecule has 0 bridgehead atoms. The number of carbonyl (C=O) groups excluding carboxylic acids is 1. The summed E-state index contributed by atoms with van der Waals surface area (Å²) in [4.78, 5) is 12.9. The van der Waals surface area contributed by atoms with Crippen molar-refractivity contribution in [2.24, 2.45) is 5.92 Å². The van der Waals surface area contributed by atoms with E-state index in [1.165, 1.54) is 5.56 Å². The summed E-state index contributed by atoms with van der Waals surface area (Å²) in [5, 5.41) is 27.1. The van der Waals surface area contributed by atoms with Crippen molar-refractivity contribution in [2.45, 2.75) is 56.5 Å². The normalized spacial score (nSPS) is 27.5. The van der Waals surface area contributed by atoms with Gasteiger partial charge in [0.2, 0.25) is 0 Å². The highest BCUT2D eigenvalue weighted by atomic mass is 32.1. The number of Topliss-reactive ketones (excluding diaryl/α,β-unsaturated/α-hetero) is 1. The van der Waals surface area contributed by atoms with E-state index in [1.54, 1.807) is 11.3 Å². The van der Waals surface area contributed by atoms with Gasteiger partial charge in [0.15, 0.2) is 0 Å². The fourth-order valence-corrected chi connectivity index (χ4v) is 5.16. The van der Waals surface area contributed by atoms with Crippen LogP contribution in [-0.4, -0.2) is 31.5 Å². The highest BCUT2D eigenvalue weighted by Gasteiger charge is 2.49. The zero-order valence-corrected chi connectivity index (χ0v) is 16.0. The van der Waals surface area contributed by atoms with Crippen LogP contribution < -0.4 is 0 Å². The number of aromatic amines is 1. The first-order valence-electron chi connectivity index (χ1n) is 9.58. The van der Waals surface area contributed by atoms with E-state index in [0.717, 1.165) is 49.2 Å². The lowest BCUT2D eigenvalue weighted by atomic mass is 9.67. The van der Waals surface area contributed by atoms with Gasteiger partial charge < -0.3 is 5.11 Å². The minimum Gasteiger partial charge on any atom is -0.380 e. The molecule has 0 aliphatic heterocycles. The standard InChI is InChI=1S/C20H24N4O2S/c25-17-8-5-6-14(17)10-12-20(26)16(15-11-13-27-19(15)20)7-3-1-2-4-9-18-21-23-24-22-18/h1,3,10-14,16,26H,2,4-9H2,(H,21,22,23,24). The summed E-state index contributed by atoms with van der Waals surface area (Å²) in [5.41, 5.74) is 0.310. The number of fused-ring (bicyclic) bond motifs is 1. The van der Waals surface area contributed by atoms with Crippen molar-refractivity contribution >= 4 is 17.1 Å². The largest absolute Gasteiger partial charge is 0.380 e. The first kappa shape index (κ1) is 18.3. The molecule has 2 heterocycles. The third-order valence-corrected chi connectivity index (χ3v) is 6.68. The van der Waals surface area contributed by atoms with Gasteiger partial charge in [0, 0.05) is 29.6 Å². The molecule has 0 aromatic carbocycles. The second kappa shape index (κ2) is 7.86. The number of hydrogen-bond acceptors (Lipinski definition) is 6. The van der Waals surface area contributed by atoms with Gasteiger partial charge in [-0.3, -0.25) is 4.79 Å². The number of hydrogen-bond donors (Lipinski definition) is 2. The quantitative estimate of drug-likeness (QED) is 0.537. The lowest BCUT2D eigenvalue weighted by Crippen LogP contribution is -2.40. The summed E-state index contributed by atoms with van der Waals surface area (Å²) in [7, 11) is 0. The summed E-state index contributed by atoms with van der Waals surface area (Å²) >= 11 is 1.60. The molecule has 142 valence electrons. The Morgan fingerprint density at radius 2 is 2.33 bits per heavy atom. The van der Waals surface area contributed by atoms with Crippen molar-refractivity contribution in [2.75, 3.05) is 0 Å². The van der Waals surface area contributed by atoms with Gasteiger partial charge in [0.1, 0.15) is 17.2 Å². The van der Waals surface area contributed by atoms with E-state index in [4.69, 9.17) is 0 Å². The SMILES string of the molecule is O=C1CCCC1C=CC1(O)c2sccc2C1CC=CCCCc1nnn[nH]1. The van der Waals surface area contributed by atoms with Crippen molar-refractivity contribution in [3.63, 3.8) is 0 Å². The molecule has 0 spiro atoms. The number of unbranched alkanes of at least 4 members (excludes halogenated alkanes) is 1. The number of nitrogens with zero attached hydrogens (tertiary/aromatic N) is 3. The molecule has 2 aliphatic rings. The lowest BCUT2D eigenvalue weighted by molar-refractivity contribution is -0.119. The van der Waals surface area contributed by atoms with Crippen LogP contribution in [0.5, 0.6) is 0 Å². The Morgan fingerprint density at radius 1 is 1.41 bits per heavy atom. The number of carbonyl (C=O) groups is 1. The second-order valence-corrected chi connectivity index (χ2v) is 8.27. The maximum atomic E-state index is 11.9. The topological polar surface area (TPSA) is 91.8 Å². The first-order valence-corrected chi connectivity index (χ1v) is 10.5. The molecule has 2 N–H and O–H groups in total. The minimum absolute atomic E-state index is 0.0141. The van der Waals surface area contributed by atoms with E-state index in [2.05, 4.69) is 38.8 Å². The summed E-state index contributed by atoms with van der Waals surface area (Å²) in [5.74, 6) is 1.17. The number of aryl methyl sites for hydroxylation is 1. The van der Waals surface area contributed by atoms with Crippen molar-refractivity contribution in [3.8, 4) is 0 Å². The van der Waals surface area contributed by atoms with Crippen LogP contribution in [0.3, 0.4) is 0 Å². The van der Waals surface area contributed by atoms with Crippen molar-refractivity contribution in [3.05, 3.63) is 52.0 Å². The number of thiophene rings is 1. The molecule has 4 rings (SSSR count). The van der Waals surface area contributed by atoms with Crippen LogP contribution in [0.4, 0.5) is 0 Å². The Kier molecular flexibility index (Phi) is 5.31. The van der Waals surface area contributed by atoms with E-state index in [-0.39, 0.29) is 11.8 Å². The average Bonchev–Trinajstić information content (AvgIpc) is 3.40. The molecular formula is C20H24N4O2S. The van der Waals surface area contributed by atoms with Gasteiger partial charge in [0.05, 0.1) is 0 Å². The zero-order valence-electron chi connectivity index (χ0n) is 15.2. The lowest BCUT2D eigenvalue weighted by Gasteiger charge is -2.43. The van der Waals surface area contributed by atoms with E-state index >= 15 is 0 Å². The van der Waals surface area contributed by atoms with E-state index < -0.39 is 5.60 Å². The molecule has 6 nitrogen and oxygen atoms in total. The number of H-pyrrole nitrogens is 1. The van der Waals surface area contributed by atoms with Gasteiger partial charge in [-0.05, 0) is 59.5 Å². The monoisotopic (exact) mass is 384 g/mol. The molecule has 1 saturated carbocycles. The molecule has 2 aromatic rings. The molecule has 0 saturated heterocycles. The molecule has 3 atom stereocenters. The second-order valence-electron chi connectivity index (χ2n) is 7.35. The number of ketones is 1. The molecule has 7 heteroatoms. The van der Waals surface area contributed by atoms with Crippen molar-refractivity contribution < 1.29 is 9.90 Å². The van der Waals surface area contributed by atoms with Gasteiger partial charge in [-0.1, -0.05) is 24.3 Å². The molecule has 0 radical (unpaired) electrons. The maximum absolute atomic E-state index is 11.9. The summed E-state index contributed by atoms with van der Waals surface area (Å²) in [6.45, 7) is 0. The maximum Gasteiger partial charge on any atom is 0.148 e. The molecule has 1 fully saturated rings. The van der Waals surface area contributed by atoms with Gasteiger partial charge in [-0.15, -0.1) is 16.4 Å². The third kappa shape index (κ3) is 3.66. The number of tetrazole rings is 1. The molecule has 0 amide bonds. The summed E-state index contributed by atoms with van der Waals surface area (Å²) < 4.78 is 0. The highest BCUT2D eigenvalue weighted by Crippen LogP contribution is 2.55. The van der Waals surface area contributed by atoms with Crippen molar-refractivity contribution in [1.82, 2.24) is 20.6 Å². The van der Waals surface area contributed by atoms with Crippen LogP contribution in [0.1, 0.15) is 60.7 Å². The fourth-order valence-electron chi connectivity index (χ4n) is 4.07.